The Labute approximate surface area is 252 Å². The van der Waals surface area contributed by atoms with Crippen LogP contribution >= 0.6 is 21.6 Å². The third kappa shape index (κ3) is 10.1. The van der Waals surface area contributed by atoms with Gasteiger partial charge in [-0.05, 0) is 58.0 Å². The molecular weight excluding hydrogens is 562 g/mol. The fraction of sp³-hybridized carbons (Fsp3) is 0.655. The molecule has 3 rings (SSSR count). The maximum absolute atomic E-state index is 13.3. The molecule has 12 heteroatoms. The predicted octanol–water partition coefficient (Wildman–Crippen LogP) is 4.98. The van der Waals surface area contributed by atoms with E-state index in [2.05, 4.69) is 10.6 Å². The van der Waals surface area contributed by atoms with Crippen LogP contribution in [0.3, 0.4) is 0 Å². The minimum absolute atomic E-state index is 0.111. The molecule has 0 spiro atoms. The van der Waals surface area contributed by atoms with Gasteiger partial charge in [0.25, 0.3) is 11.8 Å². The van der Waals surface area contributed by atoms with Crippen LogP contribution in [0, 0.1) is 0 Å². The summed E-state index contributed by atoms with van der Waals surface area (Å²) in [7, 11) is 3.17. The number of likely N-dealkylation sites (tertiary alicyclic amines) is 1. The van der Waals surface area contributed by atoms with Crippen LogP contribution in [0.2, 0.25) is 0 Å². The van der Waals surface area contributed by atoms with Gasteiger partial charge in [0.2, 0.25) is 5.91 Å². The summed E-state index contributed by atoms with van der Waals surface area (Å²) in [5.41, 5.74) is 7.89. The number of amides is 4. The first kappa shape index (κ1) is 34.8. The number of unbranched alkanes of at least 4 members (excludes halogenated alkanes) is 4. The third-order valence-corrected chi connectivity index (χ3v) is 9.38. The summed E-state index contributed by atoms with van der Waals surface area (Å²) in [6.07, 6.45) is 7.09. The first-order valence-corrected chi connectivity index (χ1v) is 17.1. The zero-order valence-corrected chi connectivity index (χ0v) is 26.8. The number of carbonyl (C=O) groups is 4. The van der Waals surface area contributed by atoms with Crippen molar-refractivity contribution in [2.45, 2.75) is 90.0 Å². The Morgan fingerprint density at radius 1 is 1.12 bits per heavy atom. The Balaban J connectivity index is 0.00000287. The smallest absolute Gasteiger partial charge is 0.408 e. The summed E-state index contributed by atoms with van der Waals surface area (Å²) >= 11 is 0. The molecule has 4 N–H and O–H groups in total. The van der Waals surface area contributed by atoms with Gasteiger partial charge >= 0.3 is 6.09 Å². The Hall–Kier alpha value is -2.44. The number of piperidine rings is 1. The molecule has 230 valence electrons. The lowest BCUT2D eigenvalue weighted by Crippen LogP contribution is -2.57. The monoisotopic (exact) mass is 609 g/mol. The first-order valence-electron chi connectivity index (χ1n) is 14.5. The second kappa shape index (κ2) is 17.5. The van der Waals surface area contributed by atoms with Gasteiger partial charge in [0.1, 0.15) is 19.3 Å². The molecule has 0 aromatic heterocycles. The summed E-state index contributed by atoms with van der Waals surface area (Å²) in [6, 6.07) is 4.81. The molecule has 0 bridgehead atoms. The van der Waals surface area contributed by atoms with Crippen LogP contribution in [0.1, 0.15) is 88.6 Å². The lowest BCUT2D eigenvalue weighted by molar-refractivity contribution is -0.152. The quantitative estimate of drug-likeness (QED) is 0.143. The van der Waals surface area contributed by atoms with Gasteiger partial charge in [-0.2, -0.15) is 0 Å². The van der Waals surface area contributed by atoms with Gasteiger partial charge < -0.3 is 26.0 Å². The minimum Gasteiger partial charge on any atom is -0.448 e. The molecule has 1 fully saturated rings. The largest absolute Gasteiger partial charge is 0.448 e. The molecule has 10 nitrogen and oxygen atoms in total. The number of rotatable bonds is 15. The van der Waals surface area contributed by atoms with Crippen molar-refractivity contribution in [2.75, 3.05) is 37.9 Å². The number of nitrogens with two attached hydrogens (primary N) is 1. The van der Waals surface area contributed by atoms with E-state index < -0.39 is 18.0 Å². The Bertz CT molecular complexity index is 1040. The van der Waals surface area contributed by atoms with Gasteiger partial charge in [0.05, 0.1) is 4.75 Å². The molecule has 4 amide bonds. The average molecular weight is 610 g/mol. The van der Waals surface area contributed by atoms with E-state index in [-0.39, 0.29) is 42.7 Å². The Kier molecular flexibility index (Phi) is 14.8. The van der Waals surface area contributed by atoms with Crippen LogP contribution in [-0.4, -0.2) is 77.0 Å². The van der Waals surface area contributed by atoms with Crippen LogP contribution in [0.25, 0.3) is 0 Å². The number of nitrogens with zero attached hydrogens (tertiary/aromatic N) is 2. The van der Waals surface area contributed by atoms with Crippen molar-refractivity contribution in [3.63, 3.8) is 0 Å². The highest BCUT2D eigenvalue weighted by molar-refractivity contribution is 8.76. The number of benzene rings is 1. The van der Waals surface area contributed by atoms with Gasteiger partial charge in [-0.15, -0.1) is 0 Å². The Morgan fingerprint density at radius 2 is 1.83 bits per heavy atom. The van der Waals surface area contributed by atoms with Crippen LogP contribution in [0.5, 0.6) is 0 Å². The van der Waals surface area contributed by atoms with Gasteiger partial charge in [-0.1, -0.05) is 60.8 Å². The zero-order chi connectivity index (χ0) is 30.4. The van der Waals surface area contributed by atoms with Crippen LogP contribution in [-0.2, 0) is 20.9 Å². The topological polar surface area (TPSA) is 134 Å². The number of hydrogen-bond donors (Lipinski definition) is 3. The maximum Gasteiger partial charge on any atom is 0.408 e. The van der Waals surface area contributed by atoms with E-state index in [9.17, 15) is 19.2 Å². The van der Waals surface area contributed by atoms with Crippen molar-refractivity contribution in [1.82, 2.24) is 15.1 Å². The van der Waals surface area contributed by atoms with Crippen LogP contribution < -0.4 is 16.4 Å². The van der Waals surface area contributed by atoms with E-state index >= 15 is 0 Å². The van der Waals surface area contributed by atoms with Crippen molar-refractivity contribution >= 4 is 51.1 Å². The summed E-state index contributed by atoms with van der Waals surface area (Å²) in [5.74, 6) is -1.09. The molecule has 2 aliphatic rings. The fourth-order valence-corrected chi connectivity index (χ4v) is 6.81. The van der Waals surface area contributed by atoms with E-state index in [0.717, 1.165) is 61.3 Å². The van der Waals surface area contributed by atoms with Gasteiger partial charge in [-0.25, -0.2) is 4.79 Å². The zero-order valence-electron chi connectivity index (χ0n) is 25.1. The molecule has 0 saturated carbocycles. The number of ether oxygens (including phenoxy) is 1. The van der Waals surface area contributed by atoms with E-state index in [1.807, 2.05) is 46.1 Å². The number of fused-ring (bicyclic) bond motifs is 1. The lowest BCUT2D eigenvalue weighted by Gasteiger charge is -2.35. The molecular formula is C29H47N5O5S2. The third-order valence-electron chi connectivity index (χ3n) is 6.79. The number of imide groups is 1. The summed E-state index contributed by atoms with van der Waals surface area (Å²) in [6.45, 7) is 9.63. The molecule has 1 unspecified atom stereocenters. The van der Waals surface area contributed by atoms with E-state index in [1.165, 1.54) is 0 Å². The summed E-state index contributed by atoms with van der Waals surface area (Å²) in [5, 5.41) is 5.96. The number of carbonyl (C=O) groups excluding carboxylic acids is 4. The number of hydrogen-bond acceptors (Lipinski definition) is 9. The van der Waals surface area contributed by atoms with Crippen molar-refractivity contribution in [3.8, 4) is 0 Å². The Morgan fingerprint density at radius 3 is 2.54 bits per heavy atom. The molecule has 0 aliphatic carbocycles. The number of alkyl carbamates (subject to hydrolysis) is 1. The average Bonchev–Trinajstić information content (AvgIpc) is 3.29. The molecule has 1 saturated heterocycles. The van der Waals surface area contributed by atoms with Crippen molar-refractivity contribution in [2.24, 2.45) is 5.73 Å². The van der Waals surface area contributed by atoms with Gasteiger partial charge in [0, 0.05) is 36.3 Å². The predicted molar refractivity (Wildman–Crippen MR) is 168 cm³/mol. The second-order valence-corrected chi connectivity index (χ2v) is 13.5. The highest BCUT2D eigenvalue weighted by atomic mass is 33.1. The molecule has 1 aromatic carbocycles. The fourth-order valence-electron chi connectivity index (χ4n) is 4.75. The second-order valence-electron chi connectivity index (χ2n) is 10.4. The molecule has 0 radical (unpaired) electrons. The number of anilines is 1. The molecule has 1 aromatic rings. The van der Waals surface area contributed by atoms with Crippen molar-refractivity contribution in [1.29, 1.82) is 0 Å². The number of nitrogens with one attached hydrogen (secondary N) is 2. The van der Waals surface area contributed by atoms with Gasteiger partial charge in [0.15, 0.2) is 0 Å². The molecule has 2 heterocycles. The minimum atomic E-state index is -0.771. The highest BCUT2D eigenvalue weighted by Gasteiger charge is 2.43. The standard InChI is InChI=1S/C27H41N5O5S2.C2H6/c1-27(2,39-38-3)17-37-26(36)30-18-32-23(33)13-12-22(25(32)35)31-16-20-19(24(31)34)10-9-11-21(20)29-15-8-6-4-5-7-14-28;1-2/h9-11,22,29H,4-8,12-18,28H2,1-3H3,(H,30,36);1-2H3. The molecule has 1 atom stereocenters. The van der Waals surface area contributed by atoms with Crippen LogP contribution in [0.4, 0.5) is 10.5 Å². The summed E-state index contributed by atoms with van der Waals surface area (Å²) in [4.78, 5) is 54.0. The SMILES string of the molecule is CC.CSSC(C)(C)COC(=O)NCN1C(=O)CCC(N2Cc3c(NCCCCCCCN)cccc3C2=O)C1=O. The van der Waals surface area contributed by atoms with Crippen molar-refractivity contribution in [3.05, 3.63) is 29.3 Å². The maximum atomic E-state index is 13.3. The molecule has 41 heavy (non-hydrogen) atoms. The summed E-state index contributed by atoms with van der Waals surface area (Å²) < 4.78 is 5.00. The van der Waals surface area contributed by atoms with E-state index in [0.29, 0.717) is 12.1 Å². The normalized spacial score (nSPS) is 16.7. The van der Waals surface area contributed by atoms with Crippen molar-refractivity contribution < 1.29 is 23.9 Å². The van der Waals surface area contributed by atoms with E-state index in [1.54, 1.807) is 32.6 Å². The van der Waals surface area contributed by atoms with Gasteiger partial charge in [-0.3, -0.25) is 19.3 Å². The van der Waals surface area contributed by atoms with Crippen LogP contribution in [0.15, 0.2) is 18.2 Å². The molecule has 2 aliphatic heterocycles. The highest BCUT2D eigenvalue weighted by Crippen LogP contribution is 2.34. The lowest BCUT2D eigenvalue weighted by atomic mass is 10.0. The van der Waals surface area contributed by atoms with E-state index in [4.69, 9.17) is 10.5 Å². The first-order chi connectivity index (χ1) is 19.7.